The molecule has 2 amide bonds. The van der Waals surface area contributed by atoms with Crippen LogP contribution in [0.15, 0.2) is 108 Å². The summed E-state index contributed by atoms with van der Waals surface area (Å²) in [6.45, 7) is 4.27. The van der Waals surface area contributed by atoms with Gasteiger partial charge >= 0.3 is 5.97 Å². The number of nitrogens with one attached hydrogen (secondary N) is 2. The van der Waals surface area contributed by atoms with Crippen molar-refractivity contribution in [2.75, 3.05) is 23.8 Å². The number of carbonyl (C=O) groups excluding carboxylic acids is 3. The van der Waals surface area contributed by atoms with Gasteiger partial charge in [-0.1, -0.05) is 89.9 Å². The molecule has 0 fully saturated rings. The summed E-state index contributed by atoms with van der Waals surface area (Å²) in [6.07, 6.45) is 0.680. The van der Waals surface area contributed by atoms with Crippen LogP contribution in [0.5, 0.6) is 0 Å². The van der Waals surface area contributed by atoms with Gasteiger partial charge in [-0.05, 0) is 66.4 Å². The van der Waals surface area contributed by atoms with E-state index >= 15 is 0 Å². The molecule has 49 heavy (non-hydrogen) atoms. The smallest absolute Gasteiger partial charge is 0.341 e. The number of thioether (sulfide) groups is 1. The third-order valence-corrected chi connectivity index (χ3v) is 10.9. The Labute approximate surface area is 303 Å². The molecule has 4 aromatic carbocycles. The van der Waals surface area contributed by atoms with Crippen molar-refractivity contribution in [3.05, 3.63) is 146 Å². The van der Waals surface area contributed by atoms with Crippen LogP contribution in [0, 0.1) is 0 Å². The van der Waals surface area contributed by atoms with E-state index in [0.717, 1.165) is 34.0 Å². The third kappa shape index (κ3) is 8.55. The number of hydrogen-bond acceptors (Lipinski definition) is 7. The number of anilines is 2. The minimum absolute atomic E-state index is 0.233. The number of thiophene rings is 1. The standard InChI is InChI=1S/C38H33Cl2N3O4S2/c1-2-47-38(46)33-30-18-19-43(22-24-10-5-3-6-11-24)23-32(30)49-37(33)42-36(45)34(25-12-7-4-8-13-25)48-28-15-9-14-27(21-28)41-35(44)29-17-16-26(39)20-31(29)40/h3-17,20-21,34H,2,18-19,22-23H2,1H3,(H,41,44)(H,42,45). The van der Waals surface area contributed by atoms with Crippen molar-refractivity contribution in [3.8, 4) is 0 Å². The first-order valence-corrected chi connectivity index (χ1v) is 18.2. The van der Waals surface area contributed by atoms with Crippen LogP contribution in [-0.2, 0) is 29.0 Å². The molecule has 250 valence electrons. The second kappa shape index (κ2) is 16.1. The highest BCUT2D eigenvalue weighted by molar-refractivity contribution is 8.00. The zero-order valence-electron chi connectivity index (χ0n) is 26.6. The topological polar surface area (TPSA) is 87.7 Å². The molecule has 5 aromatic rings. The second-order valence-electron chi connectivity index (χ2n) is 11.4. The Bertz CT molecular complexity index is 1970. The Morgan fingerprint density at radius 1 is 0.918 bits per heavy atom. The first-order valence-electron chi connectivity index (χ1n) is 15.8. The minimum atomic E-state index is -0.665. The summed E-state index contributed by atoms with van der Waals surface area (Å²) in [7, 11) is 0. The lowest BCUT2D eigenvalue weighted by Gasteiger charge is -2.27. The van der Waals surface area contributed by atoms with E-state index in [0.29, 0.717) is 39.8 Å². The maximum atomic E-state index is 14.2. The summed E-state index contributed by atoms with van der Waals surface area (Å²) in [5.41, 5.74) is 4.24. The summed E-state index contributed by atoms with van der Waals surface area (Å²) >= 11 is 15.0. The average Bonchev–Trinajstić information content (AvgIpc) is 3.45. The number of carbonyl (C=O) groups is 3. The molecule has 0 spiro atoms. The molecule has 2 N–H and O–H groups in total. The van der Waals surface area contributed by atoms with Crippen LogP contribution in [-0.4, -0.2) is 35.8 Å². The molecule has 0 saturated heterocycles. The molecule has 1 aromatic heterocycles. The lowest BCUT2D eigenvalue weighted by Crippen LogP contribution is -2.30. The van der Waals surface area contributed by atoms with Gasteiger partial charge in [0.15, 0.2) is 0 Å². The van der Waals surface area contributed by atoms with Gasteiger partial charge in [0.05, 0.1) is 22.8 Å². The summed E-state index contributed by atoms with van der Waals surface area (Å²) in [5, 5.41) is 6.52. The fourth-order valence-electron chi connectivity index (χ4n) is 5.67. The Morgan fingerprint density at radius 2 is 1.67 bits per heavy atom. The van der Waals surface area contributed by atoms with Crippen LogP contribution in [0.2, 0.25) is 10.0 Å². The van der Waals surface area contributed by atoms with Gasteiger partial charge < -0.3 is 15.4 Å². The Hall–Kier alpha value is -4.12. The third-order valence-electron chi connectivity index (χ3n) is 7.96. The lowest BCUT2D eigenvalue weighted by molar-refractivity contribution is -0.115. The number of rotatable bonds is 11. The number of esters is 1. The molecule has 7 nitrogen and oxygen atoms in total. The van der Waals surface area contributed by atoms with E-state index in [1.165, 1.54) is 34.7 Å². The van der Waals surface area contributed by atoms with E-state index in [4.69, 9.17) is 27.9 Å². The van der Waals surface area contributed by atoms with Gasteiger partial charge in [0.2, 0.25) is 5.91 Å². The fraction of sp³-hybridized carbons (Fsp3) is 0.184. The van der Waals surface area contributed by atoms with Crippen LogP contribution in [0.25, 0.3) is 0 Å². The van der Waals surface area contributed by atoms with E-state index < -0.39 is 11.2 Å². The number of amides is 2. The Balaban J connectivity index is 1.24. The first kappa shape index (κ1) is 34.7. The van der Waals surface area contributed by atoms with E-state index in [9.17, 15) is 14.4 Å². The quantitative estimate of drug-likeness (QED) is 0.104. The van der Waals surface area contributed by atoms with Gasteiger partial charge in [-0.3, -0.25) is 14.5 Å². The van der Waals surface area contributed by atoms with Gasteiger partial charge in [-0.2, -0.15) is 0 Å². The summed E-state index contributed by atoms with van der Waals surface area (Å²) < 4.78 is 5.48. The predicted octanol–water partition coefficient (Wildman–Crippen LogP) is 9.51. The van der Waals surface area contributed by atoms with Crippen LogP contribution in [0.4, 0.5) is 10.7 Å². The van der Waals surface area contributed by atoms with Crippen LogP contribution in [0.1, 0.15) is 54.5 Å². The normalized spacial score (nSPS) is 13.3. The highest BCUT2D eigenvalue weighted by Gasteiger charge is 2.31. The fourth-order valence-corrected chi connectivity index (χ4v) is 8.53. The summed E-state index contributed by atoms with van der Waals surface area (Å²) in [5.74, 6) is -1.08. The number of hydrogen-bond donors (Lipinski definition) is 2. The molecule has 0 aliphatic carbocycles. The molecule has 1 atom stereocenters. The van der Waals surface area contributed by atoms with Crippen LogP contribution < -0.4 is 10.6 Å². The zero-order chi connectivity index (χ0) is 34.3. The first-order chi connectivity index (χ1) is 23.8. The van der Waals surface area contributed by atoms with Gasteiger partial charge in [-0.15, -0.1) is 23.1 Å². The maximum Gasteiger partial charge on any atom is 0.341 e. The molecule has 1 aliphatic heterocycles. The highest BCUT2D eigenvalue weighted by Crippen LogP contribution is 2.41. The molecule has 0 radical (unpaired) electrons. The highest BCUT2D eigenvalue weighted by atomic mass is 35.5. The van der Waals surface area contributed by atoms with E-state index in [-0.39, 0.29) is 23.4 Å². The monoisotopic (exact) mass is 729 g/mol. The second-order valence-corrected chi connectivity index (χ2v) is 14.5. The average molecular weight is 731 g/mol. The number of fused-ring (bicyclic) bond motifs is 1. The van der Waals surface area contributed by atoms with Crippen molar-refractivity contribution in [3.63, 3.8) is 0 Å². The number of ether oxygens (including phenoxy) is 1. The molecule has 0 bridgehead atoms. The number of nitrogens with zero attached hydrogens (tertiary/aromatic N) is 1. The zero-order valence-corrected chi connectivity index (χ0v) is 29.7. The molecular formula is C38H33Cl2N3O4S2. The lowest BCUT2D eigenvalue weighted by atomic mass is 10.0. The summed E-state index contributed by atoms with van der Waals surface area (Å²) in [4.78, 5) is 44.7. The van der Waals surface area contributed by atoms with Gasteiger partial charge in [0, 0.05) is 40.1 Å². The molecule has 11 heteroatoms. The van der Waals surface area contributed by atoms with Crippen LogP contribution in [0.3, 0.4) is 0 Å². The molecular weight excluding hydrogens is 697 g/mol. The van der Waals surface area contributed by atoms with E-state index in [1.54, 1.807) is 25.1 Å². The molecule has 2 heterocycles. The van der Waals surface area contributed by atoms with Crippen molar-refractivity contribution in [2.45, 2.75) is 36.6 Å². The minimum Gasteiger partial charge on any atom is -0.462 e. The number of benzene rings is 4. The molecule has 0 saturated carbocycles. The van der Waals surface area contributed by atoms with Crippen molar-refractivity contribution in [2.24, 2.45) is 0 Å². The van der Waals surface area contributed by atoms with Crippen LogP contribution >= 0.6 is 46.3 Å². The van der Waals surface area contributed by atoms with Gasteiger partial charge in [-0.25, -0.2) is 4.79 Å². The van der Waals surface area contributed by atoms with Gasteiger partial charge in [0.25, 0.3) is 5.91 Å². The number of halogens is 2. The molecule has 1 unspecified atom stereocenters. The Morgan fingerprint density at radius 3 is 2.41 bits per heavy atom. The predicted molar refractivity (Wildman–Crippen MR) is 199 cm³/mol. The van der Waals surface area contributed by atoms with E-state index in [2.05, 4.69) is 27.7 Å². The van der Waals surface area contributed by atoms with E-state index in [1.807, 2.05) is 66.7 Å². The van der Waals surface area contributed by atoms with Crippen molar-refractivity contribution < 1.29 is 19.1 Å². The van der Waals surface area contributed by atoms with Gasteiger partial charge in [0.1, 0.15) is 10.3 Å². The largest absolute Gasteiger partial charge is 0.462 e. The molecule has 6 rings (SSSR count). The van der Waals surface area contributed by atoms with Crippen molar-refractivity contribution in [1.29, 1.82) is 0 Å². The maximum absolute atomic E-state index is 14.2. The Kier molecular flexibility index (Phi) is 11.4. The van der Waals surface area contributed by atoms with Crippen molar-refractivity contribution in [1.82, 2.24) is 4.90 Å². The van der Waals surface area contributed by atoms with Crippen molar-refractivity contribution >= 4 is 74.8 Å². The molecule has 1 aliphatic rings. The SMILES string of the molecule is CCOC(=O)c1c(NC(=O)C(Sc2cccc(NC(=O)c3ccc(Cl)cc3Cl)c2)c2ccccc2)sc2c1CCN(Cc1ccccc1)C2. The summed E-state index contributed by atoms with van der Waals surface area (Å²) in [6, 6.07) is 31.7.